The fourth-order valence-corrected chi connectivity index (χ4v) is 5.13. The molecule has 2 saturated heterocycles. The zero-order valence-electron chi connectivity index (χ0n) is 15.7. The number of β-lactam (4-membered cyclic amide) rings is 1. The number of tetrazole rings is 1. The number of rotatable bonds is 6. The van der Waals surface area contributed by atoms with Gasteiger partial charge in [0.15, 0.2) is 5.76 Å². The number of nitrogens with zero attached hydrogens (tertiary/aromatic N) is 6. The van der Waals surface area contributed by atoms with Crippen molar-refractivity contribution in [2.45, 2.75) is 23.7 Å². The summed E-state index contributed by atoms with van der Waals surface area (Å²) in [5, 5.41) is 20.4. The normalized spacial score (nSPS) is 25.1. The highest BCUT2D eigenvalue weighted by atomic mass is 32.2. The lowest BCUT2D eigenvalue weighted by atomic mass is 9.80. The van der Waals surface area contributed by atoms with E-state index in [4.69, 9.17) is 9.29 Å². The third kappa shape index (κ3) is 3.34. The van der Waals surface area contributed by atoms with Crippen molar-refractivity contribution in [3.8, 4) is 0 Å². The predicted molar refractivity (Wildman–Crippen MR) is 95.8 cm³/mol. The summed E-state index contributed by atoms with van der Waals surface area (Å²) < 4.78 is 34.3. The van der Waals surface area contributed by atoms with Gasteiger partial charge in [0.05, 0.1) is 18.1 Å². The van der Waals surface area contributed by atoms with Crippen LogP contribution in [-0.4, -0.2) is 92.1 Å². The molecular formula is C14H16N6O8S2. The van der Waals surface area contributed by atoms with Crippen LogP contribution >= 0.6 is 11.8 Å². The first-order chi connectivity index (χ1) is 14.1. The second-order valence-electron chi connectivity index (χ2n) is 6.82. The Morgan fingerprint density at radius 3 is 2.70 bits per heavy atom. The van der Waals surface area contributed by atoms with Crippen LogP contribution in [0.25, 0.3) is 0 Å². The summed E-state index contributed by atoms with van der Waals surface area (Å²) in [7, 11) is -2.36. The zero-order chi connectivity index (χ0) is 21.8. The Labute approximate surface area is 173 Å². The number of piperidine rings is 1. The average molecular weight is 460 g/mol. The quantitative estimate of drug-likeness (QED) is 0.227. The number of aromatic nitrogens is 4. The van der Waals surface area contributed by atoms with Crippen LogP contribution in [0.4, 0.5) is 4.79 Å². The Morgan fingerprint density at radius 2 is 2.10 bits per heavy atom. The van der Waals surface area contributed by atoms with Gasteiger partial charge < -0.3 is 18.9 Å². The SMILES string of the molecule is Cn1nnnc1SCC(=O)N1CCC2C(OS(C)(=O)=O)=C(OC(=O)O)N3C(=O)[C@@H]1[C@@H]23. The molecule has 16 heteroatoms. The maximum atomic E-state index is 12.7. The first-order valence-corrected chi connectivity index (χ1v) is 11.4. The monoisotopic (exact) mass is 460 g/mol. The number of carbonyl (C=O) groups excluding carboxylic acids is 2. The first-order valence-electron chi connectivity index (χ1n) is 8.60. The number of thioether (sulfide) groups is 1. The molecule has 3 atom stereocenters. The number of hydrogen-bond donors (Lipinski definition) is 1. The minimum atomic E-state index is -3.99. The molecular weight excluding hydrogens is 444 g/mol. The van der Waals surface area contributed by atoms with Crippen LogP contribution in [-0.2, 0) is 35.7 Å². The number of ether oxygens (including phenoxy) is 1. The fraction of sp³-hybridized carbons (Fsp3) is 0.571. The van der Waals surface area contributed by atoms with Crippen LogP contribution in [0.5, 0.6) is 0 Å². The van der Waals surface area contributed by atoms with Crippen LogP contribution in [0.2, 0.25) is 0 Å². The fourth-order valence-electron chi connectivity index (χ4n) is 3.87. The van der Waals surface area contributed by atoms with Gasteiger partial charge in [0, 0.05) is 19.5 Å². The molecule has 0 saturated carbocycles. The smallest absolute Gasteiger partial charge is 0.449 e. The molecule has 4 heterocycles. The van der Waals surface area contributed by atoms with Gasteiger partial charge in [-0.3, -0.25) is 14.5 Å². The third-order valence-electron chi connectivity index (χ3n) is 4.96. The molecule has 1 aromatic heterocycles. The highest BCUT2D eigenvalue weighted by molar-refractivity contribution is 7.99. The lowest BCUT2D eigenvalue weighted by Crippen LogP contribution is -2.73. The molecule has 3 aliphatic rings. The van der Waals surface area contributed by atoms with E-state index in [1.54, 1.807) is 7.05 Å². The Morgan fingerprint density at radius 1 is 1.37 bits per heavy atom. The molecule has 0 spiro atoms. The van der Waals surface area contributed by atoms with Crippen molar-refractivity contribution in [3.05, 3.63) is 11.6 Å². The van der Waals surface area contributed by atoms with E-state index in [0.717, 1.165) is 22.9 Å². The van der Waals surface area contributed by atoms with E-state index in [0.29, 0.717) is 5.16 Å². The Bertz CT molecular complexity index is 1070. The summed E-state index contributed by atoms with van der Waals surface area (Å²) >= 11 is 1.11. The second-order valence-corrected chi connectivity index (χ2v) is 9.34. The standard InChI is InChI=1S/C14H16N6O8S2/c1-18-13(15-16-17-18)29-5-7(21)19-4-3-6-8-9(19)11(22)20(8)12(27-14(23)24)10(6)28-30(2,25)26/h6,8-9H,3-5H2,1-2H3,(H,23,24)/t6?,8-,9+/m1/s1. The van der Waals surface area contributed by atoms with Crippen LogP contribution < -0.4 is 0 Å². The molecule has 2 amide bonds. The van der Waals surface area contributed by atoms with Gasteiger partial charge in [0.25, 0.3) is 11.8 Å². The van der Waals surface area contributed by atoms with Crippen molar-refractivity contribution in [2.75, 3.05) is 18.6 Å². The average Bonchev–Trinajstić information content (AvgIpc) is 3.17. The summed E-state index contributed by atoms with van der Waals surface area (Å²) in [6, 6.07) is -1.51. The molecule has 0 aromatic carbocycles. The van der Waals surface area contributed by atoms with E-state index in [9.17, 15) is 22.8 Å². The number of aryl methyl sites for hydroxylation is 1. The van der Waals surface area contributed by atoms with Gasteiger partial charge in [-0.15, -0.1) is 5.10 Å². The molecule has 30 heavy (non-hydrogen) atoms. The lowest BCUT2D eigenvalue weighted by molar-refractivity contribution is -0.169. The van der Waals surface area contributed by atoms with Gasteiger partial charge in [-0.1, -0.05) is 11.8 Å². The van der Waals surface area contributed by atoms with Gasteiger partial charge in [0.2, 0.25) is 11.1 Å². The highest BCUT2D eigenvalue weighted by Gasteiger charge is 2.65. The maximum Gasteiger partial charge on any atom is 0.512 e. The molecule has 0 radical (unpaired) electrons. The van der Waals surface area contributed by atoms with Gasteiger partial charge in [0.1, 0.15) is 6.04 Å². The summed E-state index contributed by atoms with van der Waals surface area (Å²) in [6.07, 6.45) is -0.634. The van der Waals surface area contributed by atoms with Gasteiger partial charge in [-0.25, -0.2) is 9.48 Å². The number of hydrogen-bond acceptors (Lipinski definition) is 11. The summed E-state index contributed by atoms with van der Waals surface area (Å²) in [4.78, 5) is 39.0. The van der Waals surface area contributed by atoms with Crippen molar-refractivity contribution < 1.29 is 36.8 Å². The van der Waals surface area contributed by atoms with E-state index in [-0.39, 0.29) is 30.4 Å². The topological polar surface area (TPSA) is 174 Å². The van der Waals surface area contributed by atoms with Crippen molar-refractivity contribution >= 4 is 39.8 Å². The number of carboxylic acid groups (broad SMARTS) is 1. The third-order valence-corrected chi connectivity index (χ3v) is 6.44. The molecule has 0 bridgehead atoms. The lowest BCUT2D eigenvalue weighted by Gasteiger charge is -2.52. The van der Waals surface area contributed by atoms with Crippen LogP contribution in [0.1, 0.15) is 6.42 Å². The number of carbonyl (C=O) groups is 3. The molecule has 14 nitrogen and oxygen atoms in total. The Balaban J connectivity index is 1.54. The Hall–Kier alpha value is -2.88. The van der Waals surface area contributed by atoms with Crippen molar-refractivity contribution in [1.82, 2.24) is 30.0 Å². The second kappa shape index (κ2) is 7.12. The minimum absolute atomic E-state index is 0.00596. The van der Waals surface area contributed by atoms with E-state index in [2.05, 4.69) is 20.3 Å². The summed E-state index contributed by atoms with van der Waals surface area (Å²) in [5.74, 6) is -2.18. The molecule has 162 valence electrons. The zero-order valence-corrected chi connectivity index (χ0v) is 17.3. The first kappa shape index (κ1) is 20.4. The summed E-state index contributed by atoms with van der Waals surface area (Å²) in [6.45, 7) is 0.166. The molecule has 1 N–H and O–H groups in total. The number of likely N-dealkylation sites (tertiary alicyclic amines) is 1. The van der Waals surface area contributed by atoms with E-state index >= 15 is 0 Å². The maximum absolute atomic E-state index is 12.7. The molecule has 0 aliphatic carbocycles. The largest absolute Gasteiger partial charge is 0.512 e. The van der Waals surface area contributed by atoms with Gasteiger partial charge in [-0.05, 0) is 16.8 Å². The molecule has 4 rings (SSSR count). The van der Waals surface area contributed by atoms with Crippen LogP contribution in [0, 0.1) is 5.92 Å². The van der Waals surface area contributed by atoms with Crippen molar-refractivity contribution in [3.63, 3.8) is 0 Å². The number of amides is 2. The molecule has 1 unspecified atom stereocenters. The van der Waals surface area contributed by atoms with Crippen molar-refractivity contribution in [2.24, 2.45) is 13.0 Å². The molecule has 1 aromatic rings. The highest BCUT2D eigenvalue weighted by Crippen LogP contribution is 2.49. The minimum Gasteiger partial charge on any atom is -0.449 e. The molecule has 3 aliphatic heterocycles. The van der Waals surface area contributed by atoms with E-state index in [1.165, 1.54) is 9.58 Å². The van der Waals surface area contributed by atoms with E-state index in [1.807, 2.05) is 0 Å². The van der Waals surface area contributed by atoms with Crippen LogP contribution in [0.3, 0.4) is 0 Å². The van der Waals surface area contributed by atoms with Gasteiger partial charge in [-0.2, -0.15) is 8.42 Å². The Kier molecular flexibility index (Phi) is 4.84. The van der Waals surface area contributed by atoms with Crippen molar-refractivity contribution in [1.29, 1.82) is 0 Å². The predicted octanol–water partition coefficient (Wildman–Crippen LogP) is -1.42. The van der Waals surface area contributed by atoms with E-state index < -0.39 is 46.1 Å². The van der Waals surface area contributed by atoms with Crippen LogP contribution in [0.15, 0.2) is 16.8 Å². The molecule has 2 fully saturated rings. The summed E-state index contributed by atoms with van der Waals surface area (Å²) in [5.41, 5.74) is 0. The van der Waals surface area contributed by atoms with Gasteiger partial charge >= 0.3 is 16.3 Å².